The number of halogens is 4. The van der Waals surface area contributed by atoms with Crippen LogP contribution in [0, 0.1) is 5.41 Å². The molecule has 2 aromatic heterocycles. The molecule has 0 radical (unpaired) electrons. The van der Waals surface area contributed by atoms with Crippen LogP contribution in [-0.4, -0.2) is 21.6 Å². The Labute approximate surface area is 173 Å². The molecule has 0 aliphatic carbocycles. The van der Waals surface area contributed by atoms with Gasteiger partial charge in [-0.1, -0.05) is 11.6 Å². The minimum atomic E-state index is -4.47. The number of oxazole rings is 1. The number of amides is 1. The zero-order valence-electron chi connectivity index (χ0n) is 15.5. The van der Waals surface area contributed by atoms with E-state index < -0.39 is 17.6 Å². The van der Waals surface area contributed by atoms with Gasteiger partial charge in [0.15, 0.2) is 6.39 Å². The second-order valence-corrected chi connectivity index (χ2v) is 6.56. The fraction of sp³-hybridized carbons (Fsp3) is 0.158. The second kappa shape index (κ2) is 8.54. The van der Waals surface area contributed by atoms with Crippen molar-refractivity contribution in [1.29, 1.82) is 5.41 Å². The quantitative estimate of drug-likeness (QED) is 0.471. The number of nitrogens with one attached hydrogen (secondary N) is 3. The predicted octanol–water partition coefficient (Wildman–Crippen LogP) is 4.99. The van der Waals surface area contributed by atoms with Crippen molar-refractivity contribution < 1.29 is 22.4 Å². The van der Waals surface area contributed by atoms with E-state index in [-0.39, 0.29) is 39.9 Å². The number of hydrogen-bond acceptors (Lipinski definition) is 6. The van der Waals surface area contributed by atoms with Crippen molar-refractivity contribution in [1.82, 2.24) is 9.97 Å². The molecule has 156 valence electrons. The maximum atomic E-state index is 12.7. The van der Waals surface area contributed by atoms with Gasteiger partial charge < -0.3 is 20.5 Å². The van der Waals surface area contributed by atoms with Crippen LogP contribution in [0.5, 0.6) is 0 Å². The summed E-state index contributed by atoms with van der Waals surface area (Å²) >= 11 is 6.35. The first-order chi connectivity index (χ1) is 14.2. The van der Waals surface area contributed by atoms with Crippen molar-refractivity contribution in [2.24, 2.45) is 0 Å². The number of alkyl halides is 3. The first-order valence-electron chi connectivity index (χ1n) is 8.50. The van der Waals surface area contributed by atoms with Gasteiger partial charge in [0.25, 0.3) is 5.91 Å². The Morgan fingerprint density at radius 2 is 1.93 bits per heavy atom. The normalized spacial score (nSPS) is 11.2. The van der Waals surface area contributed by atoms with E-state index in [1.807, 2.05) is 0 Å². The molecule has 7 nitrogen and oxygen atoms in total. The Kier molecular flexibility index (Phi) is 6.06. The van der Waals surface area contributed by atoms with E-state index in [2.05, 4.69) is 20.6 Å². The van der Waals surface area contributed by atoms with Gasteiger partial charge in [-0.05, 0) is 31.2 Å². The molecule has 0 fully saturated rings. The van der Waals surface area contributed by atoms with Crippen molar-refractivity contribution in [2.45, 2.75) is 19.6 Å². The Bertz CT molecular complexity index is 1070. The minimum Gasteiger partial charge on any atom is -0.447 e. The second-order valence-electron chi connectivity index (χ2n) is 6.18. The molecule has 11 heteroatoms. The monoisotopic (exact) mass is 437 g/mol. The highest BCUT2D eigenvalue weighted by Crippen LogP contribution is 2.31. The SMILES string of the molecule is CC(=N)c1c(NCc2cnco2)ncc(C(=O)Nc2ccc(C(F)(F)F)cc2)c1Cl. The molecule has 0 saturated heterocycles. The third-order valence-corrected chi connectivity index (χ3v) is 4.41. The van der Waals surface area contributed by atoms with Crippen molar-refractivity contribution in [3.63, 3.8) is 0 Å². The van der Waals surface area contributed by atoms with E-state index in [0.29, 0.717) is 5.76 Å². The van der Waals surface area contributed by atoms with Gasteiger partial charge >= 0.3 is 6.18 Å². The molecule has 0 unspecified atom stereocenters. The van der Waals surface area contributed by atoms with Crippen molar-refractivity contribution in [3.8, 4) is 0 Å². The number of rotatable bonds is 6. The number of carbonyl (C=O) groups is 1. The zero-order valence-corrected chi connectivity index (χ0v) is 16.2. The molecule has 0 aliphatic heterocycles. The average Bonchev–Trinajstić information content (AvgIpc) is 3.19. The third kappa shape index (κ3) is 4.77. The van der Waals surface area contributed by atoms with E-state index >= 15 is 0 Å². The van der Waals surface area contributed by atoms with Crippen molar-refractivity contribution >= 4 is 34.7 Å². The first-order valence-corrected chi connectivity index (χ1v) is 8.88. The molecular weight excluding hydrogens is 423 g/mol. The lowest BCUT2D eigenvalue weighted by Crippen LogP contribution is -2.16. The summed E-state index contributed by atoms with van der Waals surface area (Å²) in [6.45, 7) is 1.72. The maximum absolute atomic E-state index is 12.7. The van der Waals surface area contributed by atoms with E-state index in [1.54, 1.807) is 0 Å². The van der Waals surface area contributed by atoms with Crippen LogP contribution in [0.25, 0.3) is 0 Å². The fourth-order valence-electron chi connectivity index (χ4n) is 2.56. The smallest absolute Gasteiger partial charge is 0.416 e. The van der Waals surface area contributed by atoms with E-state index in [9.17, 15) is 18.0 Å². The number of aromatic nitrogens is 2. The highest BCUT2D eigenvalue weighted by atomic mass is 35.5. The molecule has 3 aromatic rings. The van der Waals surface area contributed by atoms with Gasteiger partial charge in [0.1, 0.15) is 11.6 Å². The summed E-state index contributed by atoms with van der Waals surface area (Å²) in [6.07, 6.45) is -0.468. The molecule has 30 heavy (non-hydrogen) atoms. The average molecular weight is 438 g/mol. The number of anilines is 2. The zero-order chi connectivity index (χ0) is 21.9. The van der Waals surface area contributed by atoms with Gasteiger partial charge in [-0.25, -0.2) is 9.97 Å². The van der Waals surface area contributed by atoms with Crippen molar-refractivity contribution in [2.75, 3.05) is 10.6 Å². The summed E-state index contributed by atoms with van der Waals surface area (Å²) in [7, 11) is 0. The topological polar surface area (TPSA) is 104 Å². The van der Waals surface area contributed by atoms with E-state index in [4.69, 9.17) is 21.4 Å². The van der Waals surface area contributed by atoms with Crippen LogP contribution in [-0.2, 0) is 12.7 Å². The Hall–Kier alpha value is -3.40. The lowest BCUT2D eigenvalue weighted by molar-refractivity contribution is -0.137. The predicted molar refractivity (Wildman–Crippen MR) is 105 cm³/mol. The van der Waals surface area contributed by atoms with Gasteiger partial charge in [-0.15, -0.1) is 0 Å². The molecule has 0 bridgehead atoms. The Balaban J connectivity index is 1.82. The number of carbonyl (C=O) groups excluding carboxylic acids is 1. The Morgan fingerprint density at radius 3 is 2.50 bits per heavy atom. The fourth-order valence-corrected chi connectivity index (χ4v) is 2.93. The maximum Gasteiger partial charge on any atom is 0.416 e. The van der Waals surface area contributed by atoms with E-state index in [0.717, 1.165) is 24.3 Å². The van der Waals surface area contributed by atoms with Crippen LogP contribution < -0.4 is 10.6 Å². The lowest BCUT2D eigenvalue weighted by atomic mass is 10.1. The Morgan fingerprint density at radius 1 is 1.23 bits per heavy atom. The van der Waals surface area contributed by atoms with Crippen LogP contribution in [0.3, 0.4) is 0 Å². The van der Waals surface area contributed by atoms with Gasteiger partial charge in [-0.3, -0.25) is 4.79 Å². The molecule has 2 heterocycles. The molecule has 0 spiro atoms. The lowest BCUT2D eigenvalue weighted by Gasteiger charge is -2.14. The molecule has 1 amide bonds. The molecule has 0 atom stereocenters. The van der Waals surface area contributed by atoms with Gasteiger partial charge in [0, 0.05) is 17.6 Å². The van der Waals surface area contributed by atoms with Crippen LogP contribution in [0.1, 0.15) is 34.2 Å². The summed E-state index contributed by atoms with van der Waals surface area (Å²) in [5.74, 6) is 0.136. The van der Waals surface area contributed by atoms with Crippen molar-refractivity contribution in [3.05, 3.63) is 70.5 Å². The molecule has 3 rings (SSSR count). The van der Waals surface area contributed by atoms with Gasteiger partial charge in [0.2, 0.25) is 0 Å². The van der Waals surface area contributed by atoms with Gasteiger partial charge in [0.05, 0.1) is 34.5 Å². The largest absolute Gasteiger partial charge is 0.447 e. The summed E-state index contributed by atoms with van der Waals surface area (Å²) in [5, 5.41) is 13.4. The van der Waals surface area contributed by atoms with Gasteiger partial charge in [-0.2, -0.15) is 13.2 Å². The highest BCUT2D eigenvalue weighted by Gasteiger charge is 2.30. The molecule has 3 N–H and O–H groups in total. The number of benzene rings is 1. The first kappa shape index (κ1) is 21.3. The van der Waals surface area contributed by atoms with Crippen LogP contribution in [0.2, 0.25) is 5.02 Å². The summed E-state index contributed by atoms with van der Waals surface area (Å²) < 4.78 is 43.1. The van der Waals surface area contributed by atoms with Crippen LogP contribution >= 0.6 is 11.6 Å². The number of nitrogens with zero attached hydrogens (tertiary/aromatic N) is 2. The molecule has 1 aromatic carbocycles. The molecular formula is C19H15ClF3N5O2. The summed E-state index contributed by atoms with van der Waals surface area (Å²) in [6, 6.07) is 3.99. The van der Waals surface area contributed by atoms with Crippen LogP contribution in [0.15, 0.2) is 47.5 Å². The highest BCUT2D eigenvalue weighted by molar-refractivity contribution is 6.38. The third-order valence-electron chi connectivity index (χ3n) is 4.02. The van der Waals surface area contributed by atoms with Crippen LogP contribution in [0.4, 0.5) is 24.7 Å². The number of pyridine rings is 1. The summed E-state index contributed by atoms with van der Waals surface area (Å²) in [4.78, 5) is 20.5. The molecule has 0 saturated carbocycles. The standard InChI is InChI=1S/C19H15ClF3N5O2/c1-10(24)15-16(20)14(8-27-17(15)26-7-13-6-25-9-30-13)18(29)28-12-4-2-11(3-5-12)19(21,22)23/h2-6,8-9,24H,7H2,1H3,(H,26,27)(H,28,29). The summed E-state index contributed by atoms with van der Waals surface area (Å²) in [5.41, 5.74) is -0.412. The van der Waals surface area contributed by atoms with E-state index in [1.165, 1.54) is 25.7 Å². The minimum absolute atomic E-state index is 0.0121. The molecule has 0 aliphatic rings. The number of hydrogen-bond donors (Lipinski definition) is 3.